The first-order valence-corrected chi connectivity index (χ1v) is 4.16. The van der Waals surface area contributed by atoms with Crippen LogP contribution < -0.4 is 11.2 Å². The van der Waals surface area contributed by atoms with Gasteiger partial charge in [0.2, 0.25) is 5.91 Å². The molecule has 0 saturated heterocycles. The van der Waals surface area contributed by atoms with Gasteiger partial charge in [-0.25, -0.2) is 8.78 Å². The third-order valence-corrected chi connectivity index (χ3v) is 1.59. The van der Waals surface area contributed by atoms with Crippen LogP contribution in [0.5, 0.6) is 0 Å². The molecule has 0 atom stereocenters. The van der Waals surface area contributed by atoms with Gasteiger partial charge in [0.1, 0.15) is 18.2 Å². The molecule has 0 fully saturated rings. The predicted molar refractivity (Wildman–Crippen MR) is 48.3 cm³/mol. The molecule has 3 N–H and O–H groups in total. The normalized spacial score (nSPS) is 10.3. The average molecular weight is 216 g/mol. The second-order valence-corrected chi connectivity index (χ2v) is 2.81. The third kappa shape index (κ3) is 4.01. The Hall–Kier alpha value is -1.53. The Morgan fingerprint density at radius 2 is 2.20 bits per heavy atom. The van der Waals surface area contributed by atoms with Crippen LogP contribution in [-0.2, 0) is 16.2 Å². The van der Waals surface area contributed by atoms with Crippen LogP contribution in [0.3, 0.4) is 0 Å². The van der Waals surface area contributed by atoms with Gasteiger partial charge in [0, 0.05) is 12.1 Å². The Morgan fingerprint density at radius 1 is 1.47 bits per heavy atom. The molecule has 4 nitrogen and oxygen atoms in total. The van der Waals surface area contributed by atoms with Gasteiger partial charge < -0.3 is 5.73 Å². The molecule has 0 aromatic heterocycles. The molecule has 6 heteroatoms. The smallest absolute Gasteiger partial charge is 0.245 e. The molecule has 0 bridgehead atoms. The minimum absolute atomic E-state index is 0.0448. The van der Waals surface area contributed by atoms with Crippen molar-refractivity contribution in [3.05, 3.63) is 35.4 Å². The molecular formula is C9H10F2N2O2. The van der Waals surface area contributed by atoms with E-state index in [1.54, 1.807) is 0 Å². The fourth-order valence-corrected chi connectivity index (χ4v) is 0.930. The number of carbonyl (C=O) groups is 1. The zero-order valence-electron chi connectivity index (χ0n) is 7.80. The molecule has 0 unspecified atom stereocenters. The van der Waals surface area contributed by atoms with Crippen LogP contribution >= 0.6 is 0 Å². The number of nitrogens with one attached hydrogen (secondary N) is 1. The maximum absolute atomic E-state index is 13.0. The number of hydrogen-bond donors (Lipinski definition) is 2. The van der Waals surface area contributed by atoms with E-state index in [2.05, 4.69) is 10.3 Å². The summed E-state index contributed by atoms with van der Waals surface area (Å²) in [5, 5.41) is 0. The van der Waals surface area contributed by atoms with Crippen molar-refractivity contribution in [2.45, 2.75) is 6.54 Å². The molecule has 0 aliphatic carbocycles. The summed E-state index contributed by atoms with van der Waals surface area (Å²) in [6, 6.07) is 3.07. The van der Waals surface area contributed by atoms with E-state index in [1.165, 1.54) is 0 Å². The lowest BCUT2D eigenvalue weighted by atomic mass is 10.2. The molecule has 0 radical (unpaired) electrons. The van der Waals surface area contributed by atoms with E-state index in [1.807, 2.05) is 0 Å². The molecule has 1 rings (SSSR count). The first-order chi connectivity index (χ1) is 7.09. The highest BCUT2D eigenvalue weighted by molar-refractivity contribution is 5.74. The van der Waals surface area contributed by atoms with Crippen molar-refractivity contribution < 1.29 is 18.4 Å². The summed E-state index contributed by atoms with van der Waals surface area (Å²) in [6.07, 6.45) is 0. The standard InChI is InChI=1S/C9H10F2N2O2/c10-7-1-2-8(11)6(3-7)4-13-15-5-9(12)14/h1-3,13H,4-5H2,(H2,12,14). The van der Waals surface area contributed by atoms with Gasteiger partial charge in [-0.05, 0) is 18.2 Å². The van der Waals surface area contributed by atoms with Gasteiger partial charge in [0.15, 0.2) is 0 Å². The van der Waals surface area contributed by atoms with Crippen molar-refractivity contribution in [1.82, 2.24) is 5.48 Å². The van der Waals surface area contributed by atoms with Gasteiger partial charge in [0.25, 0.3) is 0 Å². The molecule has 0 saturated carbocycles. The molecule has 0 aliphatic heterocycles. The summed E-state index contributed by atoms with van der Waals surface area (Å²) >= 11 is 0. The summed E-state index contributed by atoms with van der Waals surface area (Å²) in [7, 11) is 0. The van der Waals surface area contributed by atoms with Crippen molar-refractivity contribution in [3.63, 3.8) is 0 Å². The van der Waals surface area contributed by atoms with Gasteiger partial charge in [0.05, 0.1) is 0 Å². The van der Waals surface area contributed by atoms with Crippen LogP contribution in [0.4, 0.5) is 8.78 Å². The van der Waals surface area contributed by atoms with Gasteiger partial charge >= 0.3 is 0 Å². The van der Waals surface area contributed by atoms with Crippen molar-refractivity contribution >= 4 is 5.91 Å². The fraction of sp³-hybridized carbons (Fsp3) is 0.222. The maximum atomic E-state index is 13.0. The highest BCUT2D eigenvalue weighted by atomic mass is 19.1. The molecule has 1 aromatic carbocycles. The zero-order chi connectivity index (χ0) is 11.3. The molecule has 82 valence electrons. The van der Waals surface area contributed by atoms with E-state index >= 15 is 0 Å². The quantitative estimate of drug-likeness (QED) is 0.555. The van der Waals surface area contributed by atoms with E-state index in [-0.39, 0.29) is 18.7 Å². The Labute approximate surface area is 85.0 Å². The highest BCUT2D eigenvalue weighted by Crippen LogP contribution is 2.08. The van der Waals surface area contributed by atoms with Crippen molar-refractivity contribution in [2.24, 2.45) is 5.73 Å². The van der Waals surface area contributed by atoms with Crippen LogP contribution in [0.2, 0.25) is 0 Å². The van der Waals surface area contributed by atoms with Gasteiger partial charge in [-0.3, -0.25) is 9.63 Å². The number of primary amides is 1. The Kier molecular flexibility index (Phi) is 4.14. The topological polar surface area (TPSA) is 64.4 Å². The van der Waals surface area contributed by atoms with E-state index in [0.29, 0.717) is 0 Å². The van der Waals surface area contributed by atoms with Crippen molar-refractivity contribution in [2.75, 3.05) is 6.61 Å². The van der Waals surface area contributed by atoms with E-state index in [0.717, 1.165) is 18.2 Å². The first kappa shape index (κ1) is 11.5. The largest absolute Gasteiger partial charge is 0.368 e. The van der Waals surface area contributed by atoms with E-state index in [4.69, 9.17) is 5.73 Å². The van der Waals surface area contributed by atoms with Crippen LogP contribution in [-0.4, -0.2) is 12.5 Å². The summed E-state index contributed by atoms with van der Waals surface area (Å²) in [5.41, 5.74) is 7.19. The second-order valence-electron chi connectivity index (χ2n) is 2.81. The number of benzene rings is 1. The molecule has 0 spiro atoms. The van der Waals surface area contributed by atoms with Crippen LogP contribution in [0, 0.1) is 11.6 Å². The lowest BCUT2D eigenvalue weighted by Gasteiger charge is -2.05. The number of hydrogen-bond acceptors (Lipinski definition) is 3. The lowest BCUT2D eigenvalue weighted by Crippen LogP contribution is -2.24. The maximum Gasteiger partial charge on any atom is 0.245 e. The SMILES string of the molecule is NC(=O)CONCc1cc(F)ccc1F. The molecule has 0 heterocycles. The predicted octanol–water partition coefficient (Wildman–Crippen LogP) is 0.471. The van der Waals surface area contributed by atoms with Gasteiger partial charge in [-0.1, -0.05) is 0 Å². The van der Waals surface area contributed by atoms with Gasteiger partial charge in [-0.2, -0.15) is 5.48 Å². The first-order valence-electron chi connectivity index (χ1n) is 4.16. The van der Waals surface area contributed by atoms with E-state index < -0.39 is 17.5 Å². The van der Waals surface area contributed by atoms with Crippen molar-refractivity contribution in [3.8, 4) is 0 Å². The Bertz CT molecular complexity index is 358. The second kappa shape index (κ2) is 5.38. The van der Waals surface area contributed by atoms with E-state index in [9.17, 15) is 13.6 Å². The number of halogens is 2. The number of hydroxylamine groups is 1. The molecule has 0 aliphatic rings. The molecule has 1 amide bonds. The zero-order valence-corrected chi connectivity index (χ0v) is 7.80. The molecule has 1 aromatic rings. The highest BCUT2D eigenvalue weighted by Gasteiger charge is 2.03. The molecular weight excluding hydrogens is 206 g/mol. The summed E-state index contributed by atoms with van der Waals surface area (Å²) < 4.78 is 25.7. The van der Waals surface area contributed by atoms with Crippen LogP contribution in [0.1, 0.15) is 5.56 Å². The Balaban J connectivity index is 2.43. The summed E-state index contributed by atoms with van der Waals surface area (Å²) in [5.74, 6) is -1.74. The summed E-state index contributed by atoms with van der Waals surface area (Å²) in [6.45, 7) is -0.367. The third-order valence-electron chi connectivity index (χ3n) is 1.59. The van der Waals surface area contributed by atoms with Crippen molar-refractivity contribution in [1.29, 1.82) is 0 Å². The number of amides is 1. The number of rotatable bonds is 5. The fourth-order valence-electron chi connectivity index (χ4n) is 0.930. The minimum Gasteiger partial charge on any atom is -0.368 e. The van der Waals surface area contributed by atoms with Crippen LogP contribution in [0.15, 0.2) is 18.2 Å². The minimum atomic E-state index is -0.651. The summed E-state index contributed by atoms with van der Waals surface area (Å²) in [4.78, 5) is 14.8. The lowest BCUT2D eigenvalue weighted by molar-refractivity contribution is -0.125. The monoisotopic (exact) mass is 216 g/mol. The number of carbonyl (C=O) groups excluding carboxylic acids is 1. The average Bonchev–Trinajstić information content (AvgIpc) is 2.17. The van der Waals surface area contributed by atoms with Crippen LogP contribution in [0.25, 0.3) is 0 Å². The Morgan fingerprint density at radius 3 is 2.87 bits per heavy atom. The molecule has 15 heavy (non-hydrogen) atoms. The number of nitrogens with two attached hydrogens (primary N) is 1. The van der Waals surface area contributed by atoms with Gasteiger partial charge in [-0.15, -0.1) is 0 Å².